The molecule has 0 radical (unpaired) electrons. The van der Waals surface area contributed by atoms with Crippen LogP contribution in [0.15, 0.2) is 39.2 Å². The lowest BCUT2D eigenvalue weighted by atomic mass is 10.2. The van der Waals surface area contributed by atoms with Crippen LogP contribution >= 0.6 is 15.9 Å². The second-order valence-electron chi connectivity index (χ2n) is 3.90. The number of nitrogens with one attached hydrogen (secondary N) is 1. The number of rotatable bonds is 4. The summed E-state index contributed by atoms with van der Waals surface area (Å²) in [5.74, 6) is 6.51. The van der Waals surface area contributed by atoms with Crippen LogP contribution in [0, 0.1) is 6.92 Å². The number of nitrogens with two attached hydrogens (primary N) is 1. The van der Waals surface area contributed by atoms with Crippen molar-refractivity contribution in [3.05, 3.63) is 51.9 Å². The minimum atomic E-state index is -0.379. The number of benzene rings is 1. The van der Waals surface area contributed by atoms with Crippen LogP contribution in [-0.4, -0.2) is 5.91 Å². The first-order valence-corrected chi connectivity index (χ1v) is 6.38. The highest BCUT2D eigenvalue weighted by molar-refractivity contribution is 9.10. The lowest BCUT2D eigenvalue weighted by molar-refractivity contribution is 0.0952. The Morgan fingerprint density at radius 1 is 1.42 bits per heavy atom. The van der Waals surface area contributed by atoms with Gasteiger partial charge in [0.05, 0.1) is 5.56 Å². The number of furan rings is 1. The fourth-order valence-electron chi connectivity index (χ4n) is 1.60. The van der Waals surface area contributed by atoms with Gasteiger partial charge in [-0.1, -0.05) is 15.9 Å². The van der Waals surface area contributed by atoms with Gasteiger partial charge in [0.15, 0.2) is 0 Å². The van der Waals surface area contributed by atoms with Crippen molar-refractivity contribution >= 4 is 21.8 Å². The Hall–Kier alpha value is -1.79. The first-order chi connectivity index (χ1) is 9.10. The van der Waals surface area contributed by atoms with E-state index in [2.05, 4.69) is 21.4 Å². The van der Waals surface area contributed by atoms with Gasteiger partial charge < -0.3 is 9.15 Å². The Morgan fingerprint density at radius 3 is 2.74 bits per heavy atom. The third kappa shape index (κ3) is 3.36. The first-order valence-electron chi connectivity index (χ1n) is 5.59. The second-order valence-corrected chi connectivity index (χ2v) is 4.81. The van der Waals surface area contributed by atoms with Gasteiger partial charge in [-0.05, 0) is 37.3 Å². The van der Waals surface area contributed by atoms with Crippen molar-refractivity contribution in [2.24, 2.45) is 5.84 Å². The van der Waals surface area contributed by atoms with Crippen LogP contribution in [0.2, 0.25) is 0 Å². The molecule has 100 valence electrons. The number of hydrazine groups is 1. The number of carbonyl (C=O) groups is 1. The molecular weight excluding hydrogens is 312 g/mol. The molecule has 1 amide bonds. The average Bonchev–Trinajstić information content (AvgIpc) is 2.78. The summed E-state index contributed by atoms with van der Waals surface area (Å²) in [5.41, 5.74) is 2.48. The standard InChI is InChI=1S/C13H13BrN2O3/c1-8-12(13(17)16-15)6-11(19-8)7-18-10-4-2-9(14)3-5-10/h2-6H,7,15H2,1H3,(H,16,17). The van der Waals surface area contributed by atoms with Crippen LogP contribution in [0.5, 0.6) is 5.75 Å². The molecule has 0 fully saturated rings. The molecule has 0 aliphatic carbocycles. The molecule has 3 N–H and O–H groups in total. The van der Waals surface area contributed by atoms with Crippen molar-refractivity contribution in [1.29, 1.82) is 0 Å². The zero-order chi connectivity index (χ0) is 13.8. The van der Waals surface area contributed by atoms with Crippen molar-refractivity contribution in [2.75, 3.05) is 0 Å². The lowest BCUT2D eigenvalue weighted by Gasteiger charge is -2.03. The summed E-state index contributed by atoms with van der Waals surface area (Å²) < 4.78 is 12.0. The molecule has 5 nitrogen and oxygen atoms in total. The van der Waals surface area contributed by atoms with Crippen LogP contribution in [0.3, 0.4) is 0 Å². The highest BCUT2D eigenvalue weighted by Gasteiger charge is 2.14. The Kier molecular flexibility index (Phi) is 4.24. The van der Waals surface area contributed by atoms with Crippen LogP contribution in [0.4, 0.5) is 0 Å². The number of hydrogen-bond acceptors (Lipinski definition) is 4. The van der Waals surface area contributed by atoms with E-state index in [9.17, 15) is 4.79 Å². The van der Waals surface area contributed by atoms with E-state index in [-0.39, 0.29) is 12.5 Å². The van der Waals surface area contributed by atoms with E-state index in [1.807, 2.05) is 24.3 Å². The number of hydrogen-bond donors (Lipinski definition) is 2. The number of nitrogen functional groups attached to an aromatic ring is 1. The van der Waals surface area contributed by atoms with Gasteiger partial charge >= 0.3 is 0 Å². The molecule has 2 aromatic rings. The molecule has 0 bridgehead atoms. The largest absolute Gasteiger partial charge is 0.486 e. The van der Waals surface area contributed by atoms with Gasteiger partial charge in [-0.2, -0.15) is 0 Å². The molecule has 6 heteroatoms. The smallest absolute Gasteiger partial charge is 0.268 e. The van der Waals surface area contributed by atoms with Gasteiger partial charge in [0.1, 0.15) is 23.9 Å². The molecule has 19 heavy (non-hydrogen) atoms. The van der Waals surface area contributed by atoms with Crippen molar-refractivity contribution in [2.45, 2.75) is 13.5 Å². The topological polar surface area (TPSA) is 77.5 Å². The number of carbonyl (C=O) groups excluding carboxylic acids is 1. The van der Waals surface area contributed by atoms with E-state index in [4.69, 9.17) is 15.0 Å². The van der Waals surface area contributed by atoms with Gasteiger partial charge in [-0.25, -0.2) is 5.84 Å². The summed E-state index contributed by atoms with van der Waals surface area (Å²) in [7, 11) is 0. The predicted molar refractivity (Wildman–Crippen MR) is 73.6 cm³/mol. The summed E-state index contributed by atoms with van der Waals surface area (Å²) in [5, 5.41) is 0. The molecule has 0 aliphatic rings. The highest BCUT2D eigenvalue weighted by Crippen LogP contribution is 2.19. The molecule has 0 saturated carbocycles. The predicted octanol–water partition coefficient (Wildman–Crippen LogP) is 2.53. The van der Waals surface area contributed by atoms with Gasteiger partial charge in [0.25, 0.3) is 5.91 Å². The zero-order valence-electron chi connectivity index (χ0n) is 10.3. The van der Waals surface area contributed by atoms with Crippen molar-refractivity contribution in [1.82, 2.24) is 5.43 Å². The lowest BCUT2D eigenvalue weighted by Crippen LogP contribution is -2.30. The summed E-state index contributed by atoms with van der Waals surface area (Å²) in [6, 6.07) is 9.07. The third-order valence-corrected chi connectivity index (χ3v) is 3.07. The first kappa shape index (κ1) is 13.6. The maximum Gasteiger partial charge on any atom is 0.268 e. The van der Waals surface area contributed by atoms with Crippen LogP contribution in [-0.2, 0) is 6.61 Å². The number of halogens is 1. The fraction of sp³-hybridized carbons (Fsp3) is 0.154. The Bertz CT molecular complexity index is 578. The molecule has 0 saturated heterocycles. The third-order valence-electron chi connectivity index (χ3n) is 2.54. The van der Waals surface area contributed by atoms with Gasteiger partial charge in [0, 0.05) is 4.47 Å². The normalized spacial score (nSPS) is 10.3. The molecule has 0 aliphatic heterocycles. The number of aryl methyl sites for hydroxylation is 1. The quantitative estimate of drug-likeness (QED) is 0.514. The molecule has 0 atom stereocenters. The van der Waals surface area contributed by atoms with Crippen molar-refractivity contribution in [3.8, 4) is 5.75 Å². The van der Waals surface area contributed by atoms with E-state index in [0.29, 0.717) is 17.1 Å². The number of ether oxygens (including phenoxy) is 1. The summed E-state index contributed by atoms with van der Waals surface area (Å²) >= 11 is 3.35. The van der Waals surface area contributed by atoms with Crippen LogP contribution in [0.1, 0.15) is 21.9 Å². The SMILES string of the molecule is Cc1oc(COc2ccc(Br)cc2)cc1C(=O)NN. The van der Waals surface area contributed by atoms with Gasteiger partial charge in [0.2, 0.25) is 0 Å². The van der Waals surface area contributed by atoms with Crippen molar-refractivity contribution in [3.63, 3.8) is 0 Å². The molecule has 1 aromatic carbocycles. The summed E-state index contributed by atoms with van der Waals surface area (Å²) in [4.78, 5) is 11.4. The fourth-order valence-corrected chi connectivity index (χ4v) is 1.87. The number of amides is 1. The maximum atomic E-state index is 11.4. The Balaban J connectivity index is 2.04. The molecular formula is C13H13BrN2O3. The monoisotopic (exact) mass is 324 g/mol. The second kappa shape index (κ2) is 5.90. The minimum Gasteiger partial charge on any atom is -0.486 e. The van der Waals surface area contributed by atoms with E-state index < -0.39 is 0 Å². The van der Waals surface area contributed by atoms with Crippen LogP contribution < -0.4 is 16.0 Å². The zero-order valence-corrected chi connectivity index (χ0v) is 11.9. The van der Waals surface area contributed by atoms with E-state index in [1.54, 1.807) is 13.0 Å². The molecule has 1 aromatic heterocycles. The molecule has 1 heterocycles. The van der Waals surface area contributed by atoms with Gasteiger partial charge in [-0.3, -0.25) is 10.2 Å². The summed E-state index contributed by atoms with van der Waals surface area (Å²) in [6.45, 7) is 1.95. The van der Waals surface area contributed by atoms with Gasteiger partial charge in [-0.15, -0.1) is 0 Å². The van der Waals surface area contributed by atoms with E-state index in [0.717, 1.165) is 10.2 Å². The molecule has 2 rings (SSSR count). The maximum absolute atomic E-state index is 11.4. The minimum absolute atomic E-state index is 0.250. The molecule has 0 unspecified atom stereocenters. The average molecular weight is 325 g/mol. The Morgan fingerprint density at radius 2 is 2.11 bits per heavy atom. The van der Waals surface area contributed by atoms with Crippen LogP contribution in [0.25, 0.3) is 0 Å². The Labute approximate surface area is 118 Å². The van der Waals surface area contributed by atoms with Crippen molar-refractivity contribution < 1.29 is 13.9 Å². The highest BCUT2D eigenvalue weighted by atomic mass is 79.9. The summed E-state index contributed by atoms with van der Waals surface area (Å²) in [6.07, 6.45) is 0. The molecule has 0 spiro atoms. The van der Waals surface area contributed by atoms with E-state index in [1.165, 1.54) is 0 Å². The van der Waals surface area contributed by atoms with E-state index >= 15 is 0 Å².